The molecule has 1 aliphatic rings. The zero-order valence-electron chi connectivity index (χ0n) is 23.1. The van der Waals surface area contributed by atoms with Gasteiger partial charge in [-0.05, 0) is 47.3 Å². The molecule has 0 fully saturated rings. The summed E-state index contributed by atoms with van der Waals surface area (Å²) in [5.41, 5.74) is 3.32. The summed E-state index contributed by atoms with van der Waals surface area (Å²) in [4.78, 5) is 32.7. The van der Waals surface area contributed by atoms with Crippen LogP contribution in [0.4, 0.5) is 11.4 Å². The van der Waals surface area contributed by atoms with E-state index in [1.165, 1.54) is 0 Å². The maximum Gasteiger partial charge on any atom is 0.278 e. The molecule has 2 aromatic heterocycles. The van der Waals surface area contributed by atoms with E-state index in [2.05, 4.69) is 10.3 Å². The lowest BCUT2D eigenvalue weighted by Gasteiger charge is -2.17. The van der Waals surface area contributed by atoms with Crippen LogP contribution in [0.1, 0.15) is 32.3 Å². The van der Waals surface area contributed by atoms with Crippen molar-refractivity contribution in [3.05, 3.63) is 95.9 Å². The Labute approximate surface area is 252 Å². The van der Waals surface area contributed by atoms with Gasteiger partial charge in [0.1, 0.15) is 29.4 Å². The normalized spacial score (nSPS) is 14.3. The number of fused-ring (bicyclic) bond motifs is 4. The Balaban J connectivity index is 1.17. The molecular weight excluding hydrogens is 572 g/mol. The van der Waals surface area contributed by atoms with Crippen molar-refractivity contribution in [2.24, 2.45) is 0 Å². The number of halogens is 1. The van der Waals surface area contributed by atoms with Crippen molar-refractivity contribution in [1.29, 1.82) is 0 Å². The summed E-state index contributed by atoms with van der Waals surface area (Å²) in [7, 11) is 0. The molecule has 0 bridgehead atoms. The summed E-state index contributed by atoms with van der Waals surface area (Å²) >= 11 is 6.33. The third kappa shape index (κ3) is 5.72. The first-order valence-corrected chi connectivity index (χ1v) is 14.3. The SMILES string of the molecule is O=C(Nc1ccc2nc(C(=O)N3C[C@@H](CCl)c4c3cc(O)c3ccccc43)cn2c1)c1ccc(OCCOCCO)cc1. The van der Waals surface area contributed by atoms with Crippen LogP contribution < -0.4 is 15.0 Å². The Morgan fingerprint density at radius 3 is 2.56 bits per heavy atom. The van der Waals surface area contributed by atoms with Crippen molar-refractivity contribution in [1.82, 2.24) is 9.38 Å². The molecule has 0 saturated carbocycles. The maximum absolute atomic E-state index is 13.7. The number of nitrogens with one attached hydrogen (secondary N) is 1. The highest BCUT2D eigenvalue weighted by molar-refractivity contribution is 6.19. The van der Waals surface area contributed by atoms with Crippen LogP contribution in [0.5, 0.6) is 11.5 Å². The largest absolute Gasteiger partial charge is 0.507 e. The minimum atomic E-state index is -0.305. The van der Waals surface area contributed by atoms with Gasteiger partial charge in [-0.3, -0.25) is 9.59 Å². The maximum atomic E-state index is 13.7. The summed E-state index contributed by atoms with van der Waals surface area (Å²) in [5.74, 6) is 0.333. The number of ether oxygens (including phenoxy) is 2. The van der Waals surface area contributed by atoms with E-state index in [-0.39, 0.29) is 42.4 Å². The number of amides is 2. The van der Waals surface area contributed by atoms with E-state index in [4.69, 9.17) is 26.2 Å². The van der Waals surface area contributed by atoms with Crippen LogP contribution in [0.2, 0.25) is 0 Å². The number of rotatable bonds is 10. The molecule has 1 aliphatic heterocycles. The number of aromatic nitrogens is 2. The Morgan fingerprint density at radius 2 is 1.79 bits per heavy atom. The molecular formula is C32H29ClN4O6. The van der Waals surface area contributed by atoms with E-state index in [0.717, 1.165) is 16.3 Å². The quantitative estimate of drug-likeness (QED) is 0.155. The molecule has 3 aromatic carbocycles. The van der Waals surface area contributed by atoms with Gasteiger partial charge < -0.3 is 34.3 Å². The van der Waals surface area contributed by atoms with Crippen molar-refractivity contribution in [2.75, 3.05) is 49.1 Å². The zero-order chi connectivity index (χ0) is 29.9. The molecule has 2 amide bonds. The van der Waals surface area contributed by atoms with Crippen LogP contribution in [-0.4, -0.2) is 70.3 Å². The Hall–Kier alpha value is -4.64. The average molecular weight is 601 g/mol. The van der Waals surface area contributed by atoms with Crippen LogP contribution in [0.25, 0.3) is 16.4 Å². The van der Waals surface area contributed by atoms with Crippen LogP contribution >= 0.6 is 11.6 Å². The van der Waals surface area contributed by atoms with E-state index in [1.54, 1.807) is 64.2 Å². The number of anilines is 2. The molecule has 0 aliphatic carbocycles. The molecule has 10 nitrogen and oxygen atoms in total. The van der Waals surface area contributed by atoms with Crippen LogP contribution in [0, 0.1) is 0 Å². The van der Waals surface area contributed by atoms with Gasteiger partial charge in [-0.15, -0.1) is 11.6 Å². The van der Waals surface area contributed by atoms with E-state index in [1.807, 2.05) is 24.3 Å². The number of aliphatic hydroxyl groups excluding tert-OH is 1. The van der Waals surface area contributed by atoms with E-state index in [9.17, 15) is 14.7 Å². The average Bonchev–Trinajstić information content (AvgIpc) is 3.62. The molecule has 3 heterocycles. The monoisotopic (exact) mass is 600 g/mol. The number of nitrogens with zero attached hydrogens (tertiary/aromatic N) is 3. The fourth-order valence-corrected chi connectivity index (χ4v) is 5.59. The van der Waals surface area contributed by atoms with E-state index in [0.29, 0.717) is 54.0 Å². The number of hydrogen-bond donors (Lipinski definition) is 3. The lowest BCUT2D eigenvalue weighted by molar-refractivity contribution is 0.0705. The van der Waals surface area contributed by atoms with Crippen LogP contribution in [0.3, 0.4) is 0 Å². The van der Waals surface area contributed by atoms with E-state index >= 15 is 0 Å². The topological polar surface area (TPSA) is 126 Å². The number of imidazole rings is 1. The van der Waals surface area contributed by atoms with Gasteiger partial charge in [-0.1, -0.05) is 24.3 Å². The third-order valence-corrected chi connectivity index (χ3v) is 7.73. The van der Waals surface area contributed by atoms with Gasteiger partial charge >= 0.3 is 0 Å². The Morgan fingerprint density at radius 1 is 1.00 bits per heavy atom. The number of phenols is 1. The summed E-state index contributed by atoms with van der Waals surface area (Å²) < 4.78 is 12.4. The minimum absolute atomic E-state index is 0.0378. The highest BCUT2D eigenvalue weighted by Gasteiger charge is 2.35. The molecule has 1 atom stereocenters. The number of aromatic hydroxyl groups is 1. The van der Waals surface area contributed by atoms with Gasteiger partial charge in [0, 0.05) is 47.8 Å². The number of carbonyl (C=O) groups excluding carboxylic acids is 2. The predicted octanol–water partition coefficient (Wildman–Crippen LogP) is 4.82. The number of phenolic OH excluding ortho intramolecular Hbond substituents is 1. The summed E-state index contributed by atoms with van der Waals surface area (Å²) in [6.45, 7) is 1.28. The highest BCUT2D eigenvalue weighted by Crippen LogP contribution is 2.45. The zero-order valence-corrected chi connectivity index (χ0v) is 23.8. The molecule has 11 heteroatoms. The fraction of sp³-hybridized carbons (Fsp3) is 0.219. The molecule has 43 heavy (non-hydrogen) atoms. The molecule has 3 N–H and O–H groups in total. The van der Waals surface area contributed by atoms with Crippen molar-refractivity contribution in [3.8, 4) is 11.5 Å². The summed E-state index contributed by atoms with van der Waals surface area (Å²) in [6.07, 6.45) is 3.32. The molecule has 220 valence electrons. The first-order chi connectivity index (χ1) is 21.0. The van der Waals surface area contributed by atoms with Crippen molar-refractivity contribution in [2.45, 2.75) is 5.92 Å². The fourth-order valence-electron chi connectivity index (χ4n) is 5.34. The highest BCUT2D eigenvalue weighted by atomic mass is 35.5. The van der Waals surface area contributed by atoms with Gasteiger partial charge in [0.25, 0.3) is 11.8 Å². The van der Waals surface area contributed by atoms with Crippen molar-refractivity contribution >= 4 is 51.2 Å². The summed E-state index contributed by atoms with van der Waals surface area (Å²) in [5, 5.41) is 23.9. The minimum Gasteiger partial charge on any atom is -0.507 e. The van der Waals surface area contributed by atoms with E-state index < -0.39 is 0 Å². The second-order valence-electron chi connectivity index (χ2n) is 10.1. The number of pyridine rings is 1. The Kier molecular flexibility index (Phi) is 8.15. The molecule has 0 spiro atoms. The molecule has 5 aromatic rings. The number of carbonyl (C=O) groups is 2. The second-order valence-corrected chi connectivity index (χ2v) is 10.4. The number of hydrogen-bond acceptors (Lipinski definition) is 7. The number of benzene rings is 3. The van der Waals surface area contributed by atoms with Gasteiger partial charge in [-0.25, -0.2) is 4.98 Å². The van der Waals surface area contributed by atoms with Gasteiger partial charge in [-0.2, -0.15) is 0 Å². The number of aliphatic hydroxyl groups is 1. The van der Waals surface area contributed by atoms with Crippen molar-refractivity contribution < 1.29 is 29.3 Å². The molecule has 0 saturated heterocycles. The summed E-state index contributed by atoms with van der Waals surface area (Å²) in [6, 6.07) is 19.3. The first-order valence-electron chi connectivity index (χ1n) is 13.8. The van der Waals surface area contributed by atoms with Crippen LogP contribution in [0.15, 0.2) is 79.1 Å². The van der Waals surface area contributed by atoms with Gasteiger partial charge in [0.15, 0.2) is 0 Å². The number of alkyl halides is 1. The lowest BCUT2D eigenvalue weighted by Crippen LogP contribution is -2.30. The molecule has 6 rings (SSSR count). The predicted molar refractivity (Wildman–Crippen MR) is 164 cm³/mol. The molecule has 0 unspecified atom stereocenters. The van der Waals surface area contributed by atoms with Gasteiger partial charge in [0.05, 0.1) is 31.2 Å². The first kappa shape index (κ1) is 28.5. The lowest BCUT2D eigenvalue weighted by atomic mass is 9.95. The second kappa shape index (κ2) is 12.3. The van der Waals surface area contributed by atoms with Gasteiger partial charge in [0.2, 0.25) is 0 Å². The third-order valence-electron chi connectivity index (χ3n) is 7.35. The smallest absolute Gasteiger partial charge is 0.278 e. The van der Waals surface area contributed by atoms with Crippen LogP contribution in [-0.2, 0) is 4.74 Å². The Bertz CT molecular complexity index is 1810. The standard InChI is InChI=1S/C32H29ClN4O6/c33-16-21-17-37(27-15-28(39)24-3-1-2-4-25(24)30(21)27)32(41)26-19-36-18-22(7-10-29(36)35-26)34-31(40)20-5-8-23(9-6-20)43-14-13-42-12-11-38/h1-10,15,18-19,21,38-39H,11-14,16-17H2,(H,34,40)/t21-/m1/s1. The van der Waals surface area contributed by atoms with Crippen molar-refractivity contribution in [3.63, 3.8) is 0 Å². The molecule has 0 radical (unpaired) electrons.